The van der Waals surface area contributed by atoms with Crippen LogP contribution in [0.15, 0.2) is 66.2 Å². The van der Waals surface area contributed by atoms with Gasteiger partial charge in [-0.2, -0.15) is 5.26 Å². The molecular weight excluding hydrogens is 455 g/mol. The second kappa shape index (κ2) is 10.4. The Kier molecular flexibility index (Phi) is 7.59. The summed E-state index contributed by atoms with van der Waals surface area (Å²) in [4.78, 5) is 12.7. The Bertz CT molecular complexity index is 1200. The lowest BCUT2D eigenvalue weighted by Gasteiger charge is -2.12. The van der Waals surface area contributed by atoms with Crippen molar-refractivity contribution in [2.75, 3.05) is 5.32 Å². The number of benzene rings is 3. The van der Waals surface area contributed by atoms with Crippen LogP contribution >= 0.6 is 34.8 Å². The zero-order chi connectivity index (χ0) is 22.4. The van der Waals surface area contributed by atoms with Crippen LogP contribution < -0.4 is 10.1 Å². The predicted octanol–water partition coefficient (Wildman–Crippen LogP) is 7.08. The molecule has 0 saturated carbocycles. The topological polar surface area (TPSA) is 62.1 Å². The fraction of sp³-hybridized carbons (Fsp3) is 0.0833. The van der Waals surface area contributed by atoms with E-state index < -0.39 is 5.91 Å². The van der Waals surface area contributed by atoms with Crippen LogP contribution in [0.25, 0.3) is 6.08 Å². The van der Waals surface area contributed by atoms with E-state index in [-0.39, 0.29) is 12.2 Å². The van der Waals surface area contributed by atoms with Crippen molar-refractivity contribution in [3.8, 4) is 11.8 Å². The van der Waals surface area contributed by atoms with Crippen LogP contribution in [0.4, 0.5) is 5.69 Å². The number of halogens is 3. The van der Waals surface area contributed by atoms with Gasteiger partial charge < -0.3 is 10.1 Å². The smallest absolute Gasteiger partial charge is 0.266 e. The van der Waals surface area contributed by atoms with E-state index in [1.165, 1.54) is 6.08 Å². The number of ether oxygens (including phenoxy) is 1. The molecule has 0 aromatic heterocycles. The molecule has 1 amide bonds. The van der Waals surface area contributed by atoms with Crippen LogP contribution in [0.1, 0.15) is 16.7 Å². The average molecular weight is 472 g/mol. The van der Waals surface area contributed by atoms with Crippen molar-refractivity contribution in [1.82, 2.24) is 0 Å². The highest BCUT2D eigenvalue weighted by atomic mass is 35.5. The lowest BCUT2D eigenvalue weighted by molar-refractivity contribution is -0.112. The zero-order valence-electron chi connectivity index (χ0n) is 16.5. The van der Waals surface area contributed by atoms with Gasteiger partial charge in [-0.15, -0.1) is 0 Å². The molecule has 3 rings (SSSR count). The van der Waals surface area contributed by atoms with Gasteiger partial charge in [0.2, 0.25) is 0 Å². The van der Waals surface area contributed by atoms with Gasteiger partial charge in [0.15, 0.2) is 0 Å². The first kappa shape index (κ1) is 22.7. The van der Waals surface area contributed by atoms with Gasteiger partial charge in [0.25, 0.3) is 5.91 Å². The summed E-state index contributed by atoms with van der Waals surface area (Å²) in [6, 6.07) is 19.4. The number of amides is 1. The molecule has 3 aromatic carbocycles. The summed E-state index contributed by atoms with van der Waals surface area (Å²) in [5, 5.41) is 13.8. The number of nitriles is 1. The Morgan fingerprint density at radius 2 is 1.84 bits per heavy atom. The first-order valence-electron chi connectivity index (χ1n) is 9.23. The molecule has 0 aliphatic rings. The minimum Gasteiger partial charge on any atom is -0.488 e. The summed E-state index contributed by atoms with van der Waals surface area (Å²) in [5.41, 5.74) is 2.54. The maximum absolute atomic E-state index is 12.7. The largest absolute Gasteiger partial charge is 0.488 e. The van der Waals surface area contributed by atoms with E-state index >= 15 is 0 Å². The first-order chi connectivity index (χ1) is 14.9. The van der Waals surface area contributed by atoms with Gasteiger partial charge >= 0.3 is 0 Å². The van der Waals surface area contributed by atoms with Crippen molar-refractivity contribution in [1.29, 1.82) is 5.26 Å². The summed E-state index contributed by atoms with van der Waals surface area (Å²) in [6.07, 6.45) is 1.48. The second-order valence-electron chi connectivity index (χ2n) is 6.60. The number of hydrogen-bond acceptors (Lipinski definition) is 3. The fourth-order valence-electron chi connectivity index (χ4n) is 2.76. The quantitative estimate of drug-likeness (QED) is 0.308. The maximum Gasteiger partial charge on any atom is 0.266 e. The number of anilines is 1. The van der Waals surface area contributed by atoms with Crippen LogP contribution in [0, 0.1) is 18.3 Å². The molecule has 0 fully saturated rings. The van der Waals surface area contributed by atoms with E-state index in [2.05, 4.69) is 5.32 Å². The van der Waals surface area contributed by atoms with Gasteiger partial charge in [-0.1, -0.05) is 65.1 Å². The molecule has 31 heavy (non-hydrogen) atoms. The number of hydrogen-bond donors (Lipinski definition) is 1. The number of rotatable bonds is 6. The Morgan fingerprint density at radius 1 is 1.06 bits per heavy atom. The van der Waals surface area contributed by atoms with E-state index in [4.69, 9.17) is 39.5 Å². The third-order valence-corrected chi connectivity index (χ3v) is 5.49. The third kappa shape index (κ3) is 5.80. The van der Waals surface area contributed by atoms with Crippen molar-refractivity contribution in [3.05, 3.63) is 98.0 Å². The van der Waals surface area contributed by atoms with Crippen LogP contribution in [0.2, 0.25) is 15.1 Å². The highest BCUT2D eigenvalue weighted by Gasteiger charge is 2.13. The molecule has 0 aliphatic carbocycles. The Balaban J connectivity index is 1.82. The van der Waals surface area contributed by atoms with Crippen molar-refractivity contribution in [2.45, 2.75) is 13.5 Å². The van der Waals surface area contributed by atoms with Crippen molar-refractivity contribution in [2.24, 2.45) is 0 Å². The second-order valence-corrected chi connectivity index (χ2v) is 7.85. The van der Waals surface area contributed by atoms with Crippen LogP contribution in [-0.2, 0) is 11.4 Å². The van der Waals surface area contributed by atoms with Crippen molar-refractivity contribution in [3.63, 3.8) is 0 Å². The zero-order valence-corrected chi connectivity index (χ0v) is 18.7. The third-order valence-electron chi connectivity index (χ3n) is 4.50. The van der Waals surface area contributed by atoms with Crippen molar-refractivity contribution < 1.29 is 9.53 Å². The molecule has 1 N–H and O–H groups in total. The van der Waals surface area contributed by atoms with E-state index in [0.717, 1.165) is 11.1 Å². The van der Waals surface area contributed by atoms with Crippen LogP contribution in [-0.4, -0.2) is 5.91 Å². The minimum atomic E-state index is -0.539. The summed E-state index contributed by atoms with van der Waals surface area (Å²) >= 11 is 18.2. The predicted molar refractivity (Wildman–Crippen MR) is 126 cm³/mol. The molecule has 3 aromatic rings. The summed E-state index contributed by atoms with van der Waals surface area (Å²) in [7, 11) is 0. The minimum absolute atomic E-state index is 0.0695. The van der Waals surface area contributed by atoms with E-state index in [1.807, 2.05) is 6.07 Å². The molecule has 0 unspecified atom stereocenters. The summed E-state index contributed by atoms with van der Waals surface area (Å²) in [6.45, 7) is 2.00. The fourth-order valence-corrected chi connectivity index (χ4v) is 3.40. The summed E-state index contributed by atoms with van der Waals surface area (Å²) < 4.78 is 5.89. The Morgan fingerprint density at radius 3 is 2.58 bits per heavy atom. The number of para-hydroxylation sites is 1. The Hall–Kier alpha value is -2.97. The highest BCUT2D eigenvalue weighted by Crippen LogP contribution is 2.27. The molecule has 0 bridgehead atoms. The number of nitrogens with one attached hydrogen (secondary N) is 1. The molecule has 156 valence electrons. The highest BCUT2D eigenvalue weighted by molar-refractivity contribution is 6.35. The SMILES string of the molecule is Cc1c(Cl)cccc1NC(=O)/C(C#N)=C\c1ccccc1OCc1ccc(Cl)cc1Cl. The molecular formula is C24H17Cl3N2O2. The molecule has 0 aliphatic heterocycles. The number of carbonyl (C=O) groups excluding carboxylic acids is 1. The molecule has 7 heteroatoms. The number of nitrogens with zero attached hydrogens (tertiary/aromatic N) is 1. The van der Waals surface area contributed by atoms with Gasteiger partial charge in [0, 0.05) is 31.9 Å². The van der Waals surface area contributed by atoms with Gasteiger partial charge in [-0.25, -0.2) is 0 Å². The normalized spacial score (nSPS) is 11.0. The molecule has 0 saturated heterocycles. The molecule has 0 radical (unpaired) electrons. The van der Waals surface area contributed by atoms with Gasteiger partial charge in [-0.3, -0.25) is 4.79 Å². The summed E-state index contributed by atoms with van der Waals surface area (Å²) in [5.74, 6) is -0.0311. The first-order valence-corrected chi connectivity index (χ1v) is 10.4. The van der Waals surface area contributed by atoms with Gasteiger partial charge in [0.1, 0.15) is 24.0 Å². The molecule has 0 heterocycles. The lowest BCUT2D eigenvalue weighted by atomic mass is 10.1. The molecule has 4 nitrogen and oxygen atoms in total. The average Bonchev–Trinajstić information content (AvgIpc) is 2.75. The maximum atomic E-state index is 12.7. The standard InChI is InChI=1S/C24H17Cl3N2O2/c1-15-20(26)6-4-7-22(15)29-24(30)18(13-28)11-16-5-2-3-8-23(16)31-14-17-9-10-19(25)12-21(17)27/h2-12H,14H2,1H3,(H,29,30)/b18-11-. The van der Waals surface area contributed by atoms with Crippen LogP contribution in [0.5, 0.6) is 5.75 Å². The lowest BCUT2D eigenvalue weighted by Crippen LogP contribution is -2.14. The van der Waals surface area contributed by atoms with E-state index in [0.29, 0.717) is 32.1 Å². The van der Waals surface area contributed by atoms with Gasteiger partial charge in [0.05, 0.1) is 0 Å². The number of carbonyl (C=O) groups is 1. The van der Waals surface area contributed by atoms with Gasteiger partial charge in [-0.05, 0) is 48.9 Å². The van der Waals surface area contributed by atoms with Crippen LogP contribution in [0.3, 0.4) is 0 Å². The monoisotopic (exact) mass is 470 g/mol. The molecule has 0 atom stereocenters. The Labute approximate surface area is 195 Å². The van der Waals surface area contributed by atoms with Crippen molar-refractivity contribution >= 4 is 52.5 Å². The van der Waals surface area contributed by atoms with E-state index in [9.17, 15) is 10.1 Å². The van der Waals surface area contributed by atoms with E-state index in [1.54, 1.807) is 67.6 Å². The molecule has 0 spiro atoms.